The first-order chi connectivity index (χ1) is 15.0. The van der Waals surface area contributed by atoms with Crippen LogP contribution in [0.2, 0.25) is 0 Å². The highest BCUT2D eigenvalue weighted by Gasteiger charge is 2.36. The molecule has 10 heteroatoms. The molecule has 3 amide bonds. The molecule has 0 aliphatic carbocycles. The number of nitrogens with two attached hydrogens (primary N) is 1. The average Bonchev–Trinajstić information content (AvgIpc) is 3.02. The fraction of sp³-hybridized carbons (Fsp3) is 0.545. The number of piperazine rings is 1. The van der Waals surface area contributed by atoms with Gasteiger partial charge in [0, 0.05) is 50.4 Å². The second-order valence-electron chi connectivity index (χ2n) is 9.07. The molecule has 0 bridgehead atoms. The summed E-state index contributed by atoms with van der Waals surface area (Å²) >= 11 is 0. The number of hydrogen-bond acceptors (Lipinski definition) is 6. The van der Waals surface area contributed by atoms with Crippen molar-refractivity contribution in [2.45, 2.75) is 51.8 Å². The highest BCUT2D eigenvalue weighted by Crippen LogP contribution is 2.30. The number of fused-ring (bicyclic) bond motifs is 1. The summed E-state index contributed by atoms with van der Waals surface area (Å²) in [6.07, 6.45) is -0.860. The van der Waals surface area contributed by atoms with Crippen molar-refractivity contribution in [1.29, 1.82) is 0 Å². The number of benzene rings is 1. The Bertz CT molecular complexity index is 917. The third kappa shape index (κ3) is 5.30. The molecule has 0 aromatic heterocycles. The minimum absolute atomic E-state index is 0.0237. The first-order valence-electron chi connectivity index (χ1n) is 10.6. The number of carbonyl (C=O) groups excluding carboxylic acids is 3. The Morgan fingerprint density at radius 3 is 2.38 bits per heavy atom. The molecule has 1 aromatic carbocycles. The zero-order chi connectivity index (χ0) is 23.6. The number of carboxylic acid groups (broad SMARTS) is 1. The van der Waals surface area contributed by atoms with Gasteiger partial charge in [0.1, 0.15) is 11.6 Å². The first kappa shape index (κ1) is 23.4. The molecule has 0 unspecified atom stereocenters. The molecule has 32 heavy (non-hydrogen) atoms. The lowest BCUT2D eigenvalue weighted by Crippen LogP contribution is -2.48. The Hall–Kier alpha value is -3.30. The maximum absolute atomic E-state index is 12.9. The van der Waals surface area contributed by atoms with Gasteiger partial charge in [-0.2, -0.15) is 0 Å². The number of carbonyl (C=O) groups is 4. The van der Waals surface area contributed by atoms with Crippen molar-refractivity contribution in [3.63, 3.8) is 0 Å². The molecular weight excluding hydrogens is 416 g/mol. The van der Waals surface area contributed by atoms with E-state index in [-0.39, 0.29) is 25.3 Å². The summed E-state index contributed by atoms with van der Waals surface area (Å²) in [6.45, 7) is 7.44. The number of esters is 1. The molecule has 2 aliphatic heterocycles. The zero-order valence-electron chi connectivity index (χ0n) is 18.7. The van der Waals surface area contributed by atoms with Crippen LogP contribution in [0.3, 0.4) is 0 Å². The molecule has 1 saturated heterocycles. The molecule has 0 radical (unpaired) electrons. The lowest BCUT2D eigenvalue weighted by Gasteiger charge is -2.34. The van der Waals surface area contributed by atoms with Crippen LogP contribution in [-0.2, 0) is 20.9 Å². The lowest BCUT2D eigenvalue weighted by atomic mass is 10.1. The van der Waals surface area contributed by atoms with Crippen LogP contribution >= 0.6 is 0 Å². The maximum Gasteiger partial charge on any atom is 0.407 e. The summed E-state index contributed by atoms with van der Waals surface area (Å²) in [5, 5.41) is 9.11. The van der Waals surface area contributed by atoms with E-state index in [1.165, 1.54) is 9.80 Å². The van der Waals surface area contributed by atoms with Crippen molar-refractivity contribution in [3.05, 3.63) is 29.3 Å². The van der Waals surface area contributed by atoms with Crippen molar-refractivity contribution in [2.24, 2.45) is 5.73 Å². The quantitative estimate of drug-likeness (QED) is 0.631. The minimum Gasteiger partial charge on any atom is -0.465 e. The Morgan fingerprint density at radius 1 is 1.16 bits per heavy atom. The molecule has 2 aliphatic rings. The SMILES string of the molecule is CC(C)(C)OC(=O)CC[C@H](C(N)=O)N1Cc2cc(N3CCN(C(=O)O)CC3)ccc2C1=O. The second kappa shape index (κ2) is 9.05. The van der Waals surface area contributed by atoms with Crippen LogP contribution in [-0.4, -0.2) is 76.6 Å². The van der Waals surface area contributed by atoms with Crippen molar-refractivity contribution in [1.82, 2.24) is 9.80 Å². The fourth-order valence-electron chi connectivity index (χ4n) is 4.03. The predicted octanol–water partition coefficient (Wildman–Crippen LogP) is 1.42. The molecule has 0 saturated carbocycles. The standard InChI is InChI=1S/C22H30N4O6/c1-22(2,3)32-18(27)7-6-17(19(23)28)26-13-14-12-15(4-5-16(14)20(26)29)24-8-10-25(11-9-24)21(30)31/h4-5,12,17H,6-11,13H2,1-3H3,(H2,23,28)(H,30,31)/t17-/m1/s1. The molecule has 174 valence electrons. The van der Waals surface area contributed by atoms with Gasteiger partial charge in [-0.05, 0) is 51.0 Å². The smallest absolute Gasteiger partial charge is 0.407 e. The fourth-order valence-corrected chi connectivity index (χ4v) is 4.03. The number of primary amides is 1. The van der Waals surface area contributed by atoms with E-state index < -0.39 is 29.6 Å². The third-order valence-corrected chi connectivity index (χ3v) is 5.58. The van der Waals surface area contributed by atoms with Crippen molar-refractivity contribution < 1.29 is 29.0 Å². The van der Waals surface area contributed by atoms with Gasteiger partial charge in [-0.1, -0.05) is 0 Å². The summed E-state index contributed by atoms with van der Waals surface area (Å²) in [4.78, 5) is 53.0. The normalized spacial score (nSPS) is 17.2. The number of anilines is 1. The van der Waals surface area contributed by atoms with Gasteiger partial charge in [-0.3, -0.25) is 14.4 Å². The van der Waals surface area contributed by atoms with Gasteiger partial charge in [0.05, 0.1) is 0 Å². The second-order valence-corrected chi connectivity index (χ2v) is 9.07. The predicted molar refractivity (Wildman–Crippen MR) is 116 cm³/mol. The van der Waals surface area contributed by atoms with Crippen molar-refractivity contribution >= 4 is 29.6 Å². The van der Waals surface area contributed by atoms with Crippen LogP contribution in [0.1, 0.15) is 49.5 Å². The first-order valence-corrected chi connectivity index (χ1v) is 10.6. The van der Waals surface area contributed by atoms with Crippen LogP contribution in [0.5, 0.6) is 0 Å². The summed E-state index contributed by atoms with van der Waals surface area (Å²) in [6, 6.07) is 4.54. The topological polar surface area (TPSA) is 133 Å². The number of rotatable bonds is 6. The van der Waals surface area contributed by atoms with E-state index in [0.717, 1.165) is 11.3 Å². The van der Waals surface area contributed by atoms with Gasteiger partial charge in [0.15, 0.2) is 0 Å². The van der Waals surface area contributed by atoms with Crippen LogP contribution in [0.15, 0.2) is 18.2 Å². The Balaban J connectivity index is 1.68. The summed E-state index contributed by atoms with van der Waals surface area (Å²) in [7, 11) is 0. The van der Waals surface area contributed by atoms with Crippen molar-refractivity contribution in [3.8, 4) is 0 Å². The van der Waals surface area contributed by atoms with E-state index in [1.807, 2.05) is 12.1 Å². The summed E-state index contributed by atoms with van der Waals surface area (Å²) < 4.78 is 5.28. The third-order valence-electron chi connectivity index (χ3n) is 5.58. The Kier molecular flexibility index (Phi) is 6.61. The molecule has 0 spiro atoms. The highest BCUT2D eigenvalue weighted by molar-refractivity contribution is 6.01. The number of amides is 3. The number of nitrogens with zero attached hydrogens (tertiary/aromatic N) is 3. The van der Waals surface area contributed by atoms with Gasteiger partial charge >= 0.3 is 12.1 Å². The molecule has 3 N–H and O–H groups in total. The molecule has 1 fully saturated rings. The van der Waals surface area contributed by atoms with Crippen molar-refractivity contribution in [2.75, 3.05) is 31.1 Å². The van der Waals surface area contributed by atoms with Gasteiger partial charge in [0.2, 0.25) is 5.91 Å². The maximum atomic E-state index is 12.9. The van der Waals surface area contributed by atoms with E-state index >= 15 is 0 Å². The molecule has 1 atom stereocenters. The largest absolute Gasteiger partial charge is 0.465 e. The van der Waals surface area contributed by atoms with Gasteiger partial charge in [-0.15, -0.1) is 0 Å². The monoisotopic (exact) mass is 446 g/mol. The Morgan fingerprint density at radius 2 is 1.81 bits per heavy atom. The van der Waals surface area contributed by atoms with E-state index in [1.54, 1.807) is 26.8 Å². The molecule has 10 nitrogen and oxygen atoms in total. The van der Waals surface area contributed by atoms with Gasteiger partial charge < -0.3 is 30.3 Å². The molecular formula is C22H30N4O6. The van der Waals surface area contributed by atoms with E-state index in [2.05, 4.69) is 4.90 Å². The summed E-state index contributed by atoms with van der Waals surface area (Å²) in [5.74, 6) is -1.41. The van der Waals surface area contributed by atoms with Crippen LogP contribution < -0.4 is 10.6 Å². The van der Waals surface area contributed by atoms with Gasteiger partial charge in [0.25, 0.3) is 5.91 Å². The van der Waals surface area contributed by atoms with Crippen LogP contribution in [0.25, 0.3) is 0 Å². The Labute approximate surface area is 186 Å². The number of ether oxygens (including phenoxy) is 1. The van der Waals surface area contributed by atoms with Crippen LogP contribution in [0, 0.1) is 0 Å². The van der Waals surface area contributed by atoms with E-state index in [4.69, 9.17) is 15.6 Å². The lowest BCUT2D eigenvalue weighted by molar-refractivity contribution is -0.155. The zero-order valence-corrected chi connectivity index (χ0v) is 18.7. The minimum atomic E-state index is -0.927. The molecule has 2 heterocycles. The average molecular weight is 447 g/mol. The summed E-state index contributed by atoms with van der Waals surface area (Å²) in [5.41, 5.74) is 7.10. The van der Waals surface area contributed by atoms with E-state index in [0.29, 0.717) is 31.7 Å². The highest BCUT2D eigenvalue weighted by atomic mass is 16.6. The molecule has 1 aromatic rings. The van der Waals surface area contributed by atoms with Crippen LogP contribution in [0.4, 0.5) is 10.5 Å². The molecule has 3 rings (SSSR count). The van der Waals surface area contributed by atoms with E-state index in [9.17, 15) is 19.2 Å². The van der Waals surface area contributed by atoms with Gasteiger partial charge in [-0.25, -0.2) is 4.79 Å². The number of hydrogen-bond donors (Lipinski definition) is 2.